The van der Waals surface area contributed by atoms with E-state index in [0.717, 1.165) is 0 Å². The van der Waals surface area contributed by atoms with E-state index in [0.29, 0.717) is 17.5 Å². The first-order valence-electron chi connectivity index (χ1n) is 11.2. The number of terminal acetylenes is 1. The lowest BCUT2D eigenvalue weighted by atomic mass is 9.98. The second-order valence-electron chi connectivity index (χ2n) is 10.7. The topological polar surface area (TPSA) is 87.7 Å². The average molecular weight is 458 g/mol. The molecule has 0 aliphatic heterocycles. The standard InChI is InChI=1S/C26H39N3O4/c1-11-18-12-14-19(15-13-18)21(22(30)28-25(4,5)6)29(10)23(31)20(16-17(2)3)27-24(32)33-26(7,8)9/h1,12-15,17,20-21H,16H2,2-10H3,(H,27,32)(H,28,30). The molecule has 0 aromatic heterocycles. The number of rotatable bonds is 7. The van der Waals surface area contributed by atoms with Gasteiger partial charge in [0.25, 0.3) is 0 Å². The summed E-state index contributed by atoms with van der Waals surface area (Å²) in [7, 11) is 1.56. The Balaban J connectivity index is 3.30. The number of alkyl carbamates (subject to hydrolysis) is 1. The van der Waals surface area contributed by atoms with Gasteiger partial charge in [0.05, 0.1) is 0 Å². The Kier molecular flexibility index (Phi) is 9.53. The summed E-state index contributed by atoms with van der Waals surface area (Å²) >= 11 is 0. The molecule has 0 spiro atoms. The number of nitrogens with zero attached hydrogens (tertiary/aromatic N) is 1. The van der Waals surface area contributed by atoms with Gasteiger partial charge in [-0.05, 0) is 71.6 Å². The highest BCUT2D eigenvalue weighted by molar-refractivity contribution is 5.92. The fourth-order valence-electron chi connectivity index (χ4n) is 3.27. The van der Waals surface area contributed by atoms with Crippen LogP contribution in [0.15, 0.2) is 24.3 Å². The van der Waals surface area contributed by atoms with Crippen LogP contribution in [0.25, 0.3) is 0 Å². The van der Waals surface area contributed by atoms with Crippen molar-refractivity contribution in [3.8, 4) is 12.3 Å². The average Bonchev–Trinajstić information content (AvgIpc) is 2.64. The zero-order valence-corrected chi connectivity index (χ0v) is 21.4. The van der Waals surface area contributed by atoms with Gasteiger partial charge in [-0.1, -0.05) is 31.9 Å². The van der Waals surface area contributed by atoms with Crippen LogP contribution in [-0.4, -0.2) is 47.0 Å². The molecule has 7 heteroatoms. The predicted molar refractivity (Wildman–Crippen MR) is 130 cm³/mol. The normalized spacial score (nSPS) is 13.5. The zero-order valence-electron chi connectivity index (χ0n) is 21.4. The molecule has 0 bridgehead atoms. The van der Waals surface area contributed by atoms with Crippen molar-refractivity contribution in [3.63, 3.8) is 0 Å². The molecule has 1 aromatic carbocycles. The van der Waals surface area contributed by atoms with Gasteiger partial charge in [0.15, 0.2) is 0 Å². The van der Waals surface area contributed by atoms with Crippen molar-refractivity contribution >= 4 is 17.9 Å². The minimum Gasteiger partial charge on any atom is -0.444 e. The molecule has 0 fully saturated rings. The van der Waals surface area contributed by atoms with E-state index in [4.69, 9.17) is 11.2 Å². The molecule has 1 aromatic rings. The van der Waals surface area contributed by atoms with Crippen LogP contribution < -0.4 is 10.6 Å². The van der Waals surface area contributed by atoms with Crippen LogP contribution in [0.1, 0.15) is 79.0 Å². The van der Waals surface area contributed by atoms with Crippen molar-refractivity contribution in [2.75, 3.05) is 7.05 Å². The largest absolute Gasteiger partial charge is 0.444 e. The van der Waals surface area contributed by atoms with Gasteiger partial charge >= 0.3 is 6.09 Å². The second-order valence-corrected chi connectivity index (χ2v) is 10.7. The van der Waals surface area contributed by atoms with Crippen molar-refractivity contribution in [2.45, 2.75) is 85.0 Å². The number of likely N-dealkylation sites (N-methyl/N-ethyl adjacent to an activating group) is 1. The molecule has 182 valence electrons. The minimum atomic E-state index is -0.904. The summed E-state index contributed by atoms with van der Waals surface area (Å²) in [5.74, 6) is 1.96. The fourth-order valence-corrected chi connectivity index (χ4v) is 3.27. The van der Waals surface area contributed by atoms with Gasteiger partial charge in [-0.3, -0.25) is 9.59 Å². The first kappa shape index (κ1) is 28.0. The Bertz CT molecular complexity index is 871. The Morgan fingerprint density at radius 1 is 1.06 bits per heavy atom. The van der Waals surface area contributed by atoms with E-state index in [1.807, 2.05) is 34.6 Å². The summed E-state index contributed by atoms with van der Waals surface area (Å²) in [4.78, 5) is 40.6. The van der Waals surface area contributed by atoms with Gasteiger partial charge in [-0.25, -0.2) is 4.79 Å². The van der Waals surface area contributed by atoms with Crippen LogP contribution in [0.5, 0.6) is 0 Å². The lowest BCUT2D eigenvalue weighted by molar-refractivity contribution is -0.141. The maximum absolute atomic E-state index is 13.5. The van der Waals surface area contributed by atoms with Gasteiger partial charge in [0, 0.05) is 18.2 Å². The highest BCUT2D eigenvalue weighted by Crippen LogP contribution is 2.24. The van der Waals surface area contributed by atoms with E-state index in [2.05, 4.69) is 16.6 Å². The zero-order chi connectivity index (χ0) is 25.6. The summed E-state index contributed by atoms with van der Waals surface area (Å²) in [6.45, 7) is 14.8. The summed E-state index contributed by atoms with van der Waals surface area (Å²) in [5, 5.41) is 5.64. The molecule has 7 nitrogen and oxygen atoms in total. The summed E-state index contributed by atoms with van der Waals surface area (Å²) < 4.78 is 5.34. The van der Waals surface area contributed by atoms with E-state index in [-0.39, 0.29) is 17.7 Å². The van der Waals surface area contributed by atoms with Gasteiger partial charge in [-0.2, -0.15) is 0 Å². The maximum Gasteiger partial charge on any atom is 0.408 e. The third kappa shape index (κ3) is 9.56. The third-order valence-corrected chi connectivity index (χ3v) is 4.57. The maximum atomic E-state index is 13.5. The number of nitrogens with one attached hydrogen (secondary N) is 2. The molecule has 33 heavy (non-hydrogen) atoms. The summed E-state index contributed by atoms with van der Waals surface area (Å²) in [6, 6.07) is 5.19. The lowest BCUT2D eigenvalue weighted by Crippen LogP contribution is -2.53. The number of hydrogen-bond donors (Lipinski definition) is 2. The fraction of sp³-hybridized carbons (Fsp3) is 0.577. The van der Waals surface area contributed by atoms with E-state index in [1.54, 1.807) is 52.1 Å². The van der Waals surface area contributed by atoms with Crippen molar-refractivity contribution in [3.05, 3.63) is 35.4 Å². The van der Waals surface area contributed by atoms with Crippen molar-refractivity contribution in [1.29, 1.82) is 0 Å². The van der Waals surface area contributed by atoms with Gasteiger partial charge in [0.2, 0.25) is 11.8 Å². The molecule has 0 saturated heterocycles. The van der Waals surface area contributed by atoms with E-state index >= 15 is 0 Å². The number of carbonyl (C=O) groups excluding carboxylic acids is 3. The minimum absolute atomic E-state index is 0.124. The van der Waals surface area contributed by atoms with Crippen LogP contribution in [0.2, 0.25) is 0 Å². The molecule has 2 unspecified atom stereocenters. The number of hydrogen-bond acceptors (Lipinski definition) is 4. The van der Waals surface area contributed by atoms with E-state index < -0.39 is 29.3 Å². The third-order valence-electron chi connectivity index (χ3n) is 4.57. The molecule has 0 saturated carbocycles. The molecule has 2 atom stereocenters. The summed E-state index contributed by atoms with van der Waals surface area (Å²) in [6.07, 6.45) is 5.18. The van der Waals surface area contributed by atoms with Crippen molar-refractivity contribution in [2.24, 2.45) is 5.92 Å². The smallest absolute Gasteiger partial charge is 0.408 e. The number of amides is 3. The highest BCUT2D eigenvalue weighted by atomic mass is 16.6. The molecule has 0 aliphatic rings. The lowest BCUT2D eigenvalue weighted by Gasteiger charge is -2.34. The van der Waals surface area contributed by atoms with E-state index in [1.165, 1.54) is 4.90 Å². The molecule has 1 rings (SSSR count). The number of carbonyl (C=O) groups is 3. The van der Waals surface area contributed by atoms with Crippen LogP contribution >= 0.6 is 0 Å². The first-order chi connectivity index (χ1) is 15.0. The number of ether oxygens (including phenoxy) is 1. The number of benzene rings is 1. The van der Waals surface area contributed by atoms with E-state index in [9.17, 15) is 14.4 Å². The molecule has 0 heterocycles. The molecular weight excluding hydrogens is 418 g/mol. The molecular formula is C26H39N3O4. The van der Waals surface area contributed by atoms with Gasteiger partial charge in [-0.15, -0.1) is 6.42 Å². The van der Waals surface area contributed by atoms with Crippen LogP contribution in [-0.2, 0) is 14.3 Å². The molecule has 2 N–H and O–H groups in total. The van der Waals surface area contributed by atoms with Crippen molar-refractivity contribution < 1.29 is 19.1 Å². The quantitative estimate of drug-likeness (QED) is 0.606. The SMILES string of the molecule is C#Cc1ccc(C(C(=O)NC(C)(C)C)N(C)C(=O)C(CC(C)C)NC(=O)OC(C)(C)C)cc1. The van der Waals surface area contributed by atoms with Crippen LogP contribution in [0.4, 0.5) is 4.79 Å². The predicted octanol–water partition coefficient (Wildman–Crippen LogP) is 4.02. The van der Waals surface area contributed by atoms with Crippen molar-refractivity contribution in [1.82, 2.24) is 15.5 Å². The molecule has 3 amide bonds. The molecule has 0 radical (unpaired) electrons. The Hall–Kier alpha value is -3.01. The van der Waals surface area contributed by atoms with Gasteiger partial charge in [0.1, 0.15) is 17.7 Å². The van der Waals surface area contributed by atoms with Gasteiger partial charge < -0.3 is 20.3 Å². The molecule has 0 aliphatic carbocycles. The second kappa shape index (κ2) is 11.2. The van der Waals surface area contributed by atoms with Crippen LogP contribution in [0.3, 0.4) is 0 Å². The monoisotopic (exact) mass is 457 g/mol. The Morgan fingerprint density at radius 2 is 1.61 bits per heavy atom. The summed E-state index contributed by atoms with van der Waals surface area (Å²) in [5.41, 5.74) is 0.0958. The highest BCUT2D eigenvalue weighted by Gasteiger charge is 2.35. The Morgan fingerprint density at radius 3 is 2.03 bits per heavy atom. The first-order valence-corrected chi connectivity index (χ1v) is 11.2. The van der Waals surface area contributed by atoms with Crippen LogP contribution in [0, 0.1) is 18.3 Å². The Labute approximate surface area is 198 Å².